The Bertz CT molecular complexity index is 897. The van der Waals surface area contributed by atoms with Crippen molar-refractivity contribution < 1.29 is 17.9 Å². The maximum absolute atomic E-state index is 12.3. The molecule has 1 amide bonds. The third-order valence-electron chi connectivity index (χ3n) is 4.47. The first kappa shape index (κ1) is 23.3. The van der Waals surface area contributed by atoms with Gasteiger partial charge in [0.25, 0.3) is 5.91 Å². The van der Waals surface area contributed by atoms with Gasteiger partial charge < -0.3 is 10.1 Å². The van der Waals surface area contributed by atoms with Crippen LogP contribution in [0.25, 0.3) is 0 Å². The second kappa shape index (κ2) is 10.7. The lowest BCUT2D eigenvalue weighted by Gasteiger charge is -2.15. The van der Waals surface area contributed by atoms with E-state index in [2.05, 4.69) is 10.0 Å². The number of benzene rings is 2. The molecule has 6 nitrogen and oxygen atoms in total. The number of carbonyl (C=O) groups is 1. The molecule has 0 saturated carbocycles. The van der Waals surface area contributed by atoms with E-state index in [9.17, 15) is 13.2 Å². The van der Waals surface area contributed by atoms with E-state index in [1.807, 2.05) is 51.3 Å². The molecule has 158 valence electrons. The molecule has 0 spiro atoms. The van der Waals surface area contributed by atoms with E-state index in [0.717, 1.165) is 5.56 Å². The van der Waals surface area contributed by atoms with Crippen LogP contribution in [0.15, 0.2) is 58.3 Å². The van der Waals surface area contributed by atoms with Crippen molar-refractivity contribution in [3.8, 4) is 5.75 Å². The highest BCUT2D eigenvalue weighted by molar-refractivity contribution is 7.98. The quantitative estimate of drug-likeness (QED) is 0.554. The maximum atomic E-state index is 12.3. The van der Waals surface area contributed by atoms with Crippen LogP contribution in [0.5, 0.6) is 5.75 Å². The topological polar surface area (TPSA) is 84.5 Å². The van der Waals surface area contributed by atoms with Crippen LogP contribution >= 0.6 is 11.8 Å². The number of carbonyl (C=O) groups excluding carboxylic acids is 1. The van der Waals surface area contributed by atoms with Gasteiger partial charge in [0, 0.05) is 10.9 Å². The normalized spacial score (nSPS) is 13.5. The van der Waals surface area contributed by atoms with Crippen LogP contribution in [-0.2, 0) is 14.8 Å². The maximum Gasteiger partial charge on any atom is 0.258 e. The molecule has 0 unspecified atom stereocenters. The Morgan fingerprint density at radius 2 is 1.69 bits per heavy atom. The van der Waals surface area contributed by atoms with Crippen LogP contribution in [0.4, 0.5) is 0 Å². The Morgan fingerprint density at radius 3 is 2.24 bits per heavy atom. The molecule has 29 heavy (non-hydrogen) atoms. The molecular formula is C21H28N2O4S2. The fourth-order valence-electron chi connectivity index (χ4n) is 2.54. The highest BCUT2D eigenvalue weighted by Gasteiger charge is 2.16. The van der Waals surface area contributed by atoms with Gasteiger partial charge in [0.05, 0.1) is 10.9 Å². The minimum atomic E-state index is -3.56. The first-order valence-electron chi connectivity index (χ1n) is 9.43. The number of hydrogen-bond donors (Lipinski definition) is 2. The van der Waals surface area contributed by atoms with Crippen LogP contribution in [0.1, 0.15) is 38.8 Å². The summed E-state index contributed by atoms with van der Waals surface area (Å²) in [5.41, 5.74) is 1.01. The predicted octanol–water partition coefficient (Wildman–Crippen LogP) is 3.74. The molecule has 0 aromatic heterocycles. The summed E-state index contributed by atoms with van der Waals surface area (Å²) in [5.74, 6) is 0.182. The van der Waals surface area contributed by atoms with Crippen molar-refractivity contribution in [1.29, 1.82) is 0 Å². The summed E-state index contributed by atoms with van der Waals surface area (Å²) in [6.45, 7) is 5.49. The lowest BCUT2D eigenvalue weighted by atomic mass is 10.1. The molecule has 0 radical (unpaired) electrons. The van der Waals surface area contributed by atoms with Crippen molar-refractivity contribution in [3.63, 3.8) is 0 Å². The highest BCUT2D eigenvalue weighted by Crippen LogP contribution is 2.19. The summed E-state index contributed by atoms with van der Waals surface area (Å²) >= 11 is 1.67. The standard InChI is InChI=1S/C21H28N2O4S2/c1-5-15(2)23-29(25,26)20-12-8-18(9-13-20)27-14-21(24)22-16(3)17-6-10-19(28-4)11-7-17/h6-13,15-16,23H,5,14H2,1-4H3,(H,22,24)/t15-,16+/m0/s1. The number of nitrogens with one attached hydrogen (secondary N) is 2. The smallest absolute Gasteiger partial charge is 0.258 e. The third-order valence-corrected chi connectivity index (χ3v) is 6.81. The molecule has 0 aliphatic rings. The van der Waals surface area contributed by atoms with Crippen molar-refractivity contribution in [1.82, 2.24) is 10.0 Å². The first-order valence-corrected chi connectivity index (χ1v) is 12.1. The highest BCUT2D eigenvalue weighted by atomic mass is 32.2. The van der Waals surface area contributed by atoms with Gasteiger partial charge >= 0.3 is 0 Å². The van der Waals surface area contributed by atoms with Crippen LogP contribution in [0.3, 0.4) is 0 Å². The van der Waals surface area contributed by atoms with Gasteiger partial charge in [0.1, 0.15) is 5.75 Å². The second-order valence-corrected chi connectivity index (χ2v) is 9.35. The van der Waals surface area contributed by atoms with Gasteiger partial charge in [-0.2, -0.15) is 0 Å². The zero-order valence-electron chi connectivity index (χ0n) is 17.1. The summed E-state index contributed by atoms with van der Waals surface area (Å²) in [6.07, 6.45) is 2.72. The molecule has 2 aromatic carbocycles. The molecule has 0 bridgehead atoms. The molecule has 8 heteroatoms. The van der Waals surface area contributed by atoms with E-state index in [1.54, 1.807) is 23.9 Å². The van der Waals surface area contributed by atoms with E-state index < -0.39 is 10.0 Å². The number of ether oxygens (including phenoxy) is 1. The van der Waals surface area contributed by atoms with Crippen LogP contribution < -0.4 is 14.8 Å². The van der Waals surface area contributed by atoms with E-state index in [4.69, 9.17) is 4.74 Å². The molecule has 2 atom stereocenters. The minimum Gasteiger partial charge on any atom is -0.484 e. The van der Waals surface area contributed by atoms with Gasteiger partial charge in [-0.25, -0.2) is 13.1 Å². The average Bonchev–Trinajstić information content (AvgIpc) is 2.72. The number of thioether (sulfide) groups is 1. The monoisotopic (exact) mass is 436 g/mol. The number of rotatable bonds is 10. The molecular weight excluding hydrogens is 408 g/mol. The second-order valence-electron chi connectivity index (χ2n) is 6.75. The third kappa shape index (κ3) is 7.06. The molecule has 0 fully saturated rings. The Labute approximate surface area is 177 Å². The molecule has 2 rings (SSSR count). The van der Waals surface area contributed by atoms with E-state index in [-0.39, 0.29) is 29.5 Å². The van der Waals surface area contributed by atoms with Crippen molar-refractivity contribution in [2.45, 2.75) is 49.1 Å². The zero-order valence-corrected chi connectivity index (χ0v) is 18.8. The molecule has 0 saturated heterocycles. The van der Waals surface area contributed by atoms with E-state index in [1.165, 1.54) is 17.0 Å². The van der Waals surface area contributed by atoms with Crippen LogP contribution in [-0.4, -0.2) is 33.2 Å². The van der Waals surface area contributed by atoms with Gasteiger partial charge in [-0.1, -0.05) is 19.1 Å². The Kier molecular flexibility index (Phi) is 8.55. The molecule has 0 aliphatic carbocycles. The Hall–Kier alpha value is -2.03. The van der Waals surface area contributed by atoms with Crippen molar-refractivity contribution in [2.75, 3.05) is 12.9 Å². The van der Waals surface area contributed by atoms with Gasteiger partial charge in [0.2, 0.25) is 10.0 Å². The molecule has 2 N–H and O–H groups in total. The molecule has 0 heterocycles. The molecule has 0 aliphatic heterocycles. The fraction of sp³-hybridized carbons (Fsp3) is 0.381. The average molecular weight is 437 g/mol. The summed E-state index contributed by atoms with van der Waals surface area (Å²) < 4.78 is 32.6. The SMILES string of the molecule is CC[C@H](C)NS(=O)(=O)c1ccc(OCC(=O)N[C@H](C)c2ccc(SC)cc2)cc1. The number of hydrogen-bond acceptors (Lipinski definition) is 5. The predicted molar refractivity (Wildman–Crippen MR) is 117 cm³/mol. The fourth-order valence-corrected chi connectivity index (χ4v) is 4.27. The first-order chi connectivity index (χ1) is 13.7. The summed E-state index contributed by atoms with van der Waals surface area (Å²) in [5, 5.41) is 2.89. The number of amides is 1. The summed E-state index contributed by atoms with van der Waals surface area (Å²) in [4.78, 5) is 13.5. The summed E-state index contributed by atoms with van der Waals surface area (Å²) in [7, 11) is -3.56. The minimum absolute atomic E-state index is 0.138. The Balaban J connectivity index is 1.88. The van der Waals surface area contributed by atoms with Gasteiger partial charge in [-0.05, 0) is 68.5 Å². The lowest BCUT2D eigenvalue weighted by Crippen LogP contribution is -2.32. The summed E-state index contributed by atoms with van der Waals surface area (Å²) in [6, 6.07) is 13.8. The van der Waals surface area contributed by atoms with Crippen LogP contribution in [0.2, 0.25) is 0 Å². The number of sulfonamides is 1. The van der Waals surface area contributed by atoms with Gasteiger partial charge in [0.15, 0.2) is 6.61 Å². The Morgan fingerprint density at radius 1 is 1.07 bits per heavy atom. The lowest BCUT2D eigenvalue weighted by molar-refractivity contribution is -0.123. The van der Waals surface area contributed by atoms with Crippen molar-refractivity contribution >= 4 is 27.7 Å². The zero-order chi connectivity index (χ0) is 21.4. The van der Waals surface area contributed by atoms with Gasteiger partial charge in [-0.3, -0.25) is 4.79 Å². The van der Waals surface area contributed by atoms with E-state index >= 15 is 0 Å². The largest absolute Gasteiger partial charge is 0.484 e. The molecule has 2 aromatic rings. The van der Waals surface area contributed by atoms with Crippen molar-refractivity contribution in [3.05, 3.63) is 54.1 Å². The van der Waals surface area contributed by atoms with Crippen molar-refractivity contribution in [2.24, 2.45) is 0 Å². The van der Waals surface area contributed by atoms with Crippen LogP contribution in [0, 0.1) is 0 Å². The van der Waals surface area contributed by atoms with Gasteiger partial charge in [-0.15, -0.1) is 11.8 Å². The van der Waals surface area contributed by atoms with E-state index in [0.29, 0.717) is 12.2 Å².